The van der Waals surface area contributed by atoms with E-state index in [0.29, 0.717) is 0 Å². The number of hydrogen-bond donors (Lipinski definition) is 1. The minimum Gasteiger partial charge on any atom is -0.491 e. The lowest BCUT2D eigenvalue weighted by molar-refractivity contribution is 0.145. The summed E-state index contributed by atoms with van der Waals surface area (Å²) >= 11 is 5.46. The van der Waals surface area contributed by atoms with E-state index in [1.807, 2.05) is 0 Å². The molecule has 6 heteroatoms. The smallest absolute Gasteiger partial charge is 0.278 e. The summed E-state index contributed by atoms with van der Waals surface area (Å²) in [5.41, 5.74) is -0.888. The molecule has 3 nitrogen and oxygen atoms in total. The summed E-state index contributed by atoms with van der Waals surface area (Å²) in [6.07, 6.45) is -2.73. The molecule has 0 fully saturated rings. The fourth-order valence-electron chi connectivity index (χ4n) is 1.06. The highest BCUT2D eigenvalue weighted by molar-refractivity contribution is 6.17. The van der Waals surface area contributed by atoms with Gasteiger partial charge >= 0.3 is 0 Å². The summed E-state index contributed by atoms with van der Waals surface area (Å²) < 4.78 is 29.2. The van der Waals surface area contributed by atoms with Crippen LogP contribution in [0.15, 0.2) is 10.9 Å². The number of hydrogen-bond acceptors (Lipinski definition) is 2. The van der Waals surface area contributed by atoms with Crippen molar-refractivity contribution in [2.24, 2.45) is 0 Å². The van der Waals surface area contributed by atoms with Gasteiger partial charge in [-0.15, -0.1) is 11.6 Å². The number of rotatable bonds is 3. The maximum absolute atomic E-state index is 12.2. The molecule has 14 heavy (non-hydrogen) atoms. The van der Waals surface area contributed by atoms with Crippen molar-refractivity contribution in [3.8, 4) is 5.75 Å². The molecule has 1 N–H and O–H groups in total. The van der Waals surface area contributed by atoms with E-state index in [4.69, 9.17) is 16.3 Å². The Hall–Kier alpha value is -1.10. The molecule has 0 saturated carbocycles. The van der Waals surface area contributed by atoms with E-state index in [9.17, 15) is 13.6 Å². The number of pyridine rings is 1. The van der Waals surface area contributed by atoms with Crippen LogP contribution in [-0.2, 0) is 5.88 Å². The topological polar surface area (TPSA) is 42.1 Å². The SMILES string of the molecule is COc1c(CCl)[nH]c(C(F)F)cc1=O. The summed E-state index contributed by atoms with van der Waals surface area (Å²) in [5.74, 6) is -0.108. The van der Waals surface area contributed by atoms with Crippen molar-refractivity contribution < 1.29 is 13.5 Å². The first-order chi connectivity index (χ1) is 6.60. The average Bonchev–Trinajstić information content (AvgIpc) is 2.16. The standard InChI is InChI=1S/C8H8ClF2NO2/c1-14-7-5(3-9)12-4(8(10)11)2-6(7)13/h2,8H,3H2,1H3,(H,12,13). The van der Waals surface area contributed by atoms with Crippen molar-refractivity contribution >= 4 is 11.6 Å². The Labute approximate surface area is 83.7 Å². The van der Waals surface area contributed by atoms with Crippen molar-refractivity contribution in [1.82, 2.24) is 4.98 Å². The van der Waals surface area contributed by atoms with E-state index in [2.05, 4.69) is 4.98 Å². The second kappa shape index (κ2) is 4.41. The minimum absolute atomic E-state index is 0.0237. The molecule has 0 radical (unpaired) electrons. The molecular weight excluding hydrogens is 216 g/mol. The highest BCUT2D eigenvalue weighted by Crippen LogP contribution is 2.19. The first kappa shape index (κ1) is 11.0. The van der Waals surface area contributed by atoms with Crippen LogP contribution < -0.4 is 10.2 Å². The van der Waals surface area contributed by atoms with Crippen LogP contribution >= 0.6 is 11.6 Å². The highest BCUT2D eigenvalue weighted by atomic mass is 35.5. The van der Waals surface area contributed by atoms with Gasteiger partial charge in [-0.1, -0.05) is 0 Å². The van der Waals surface area contributed by atoms with Gasteiger partial charge in [-0.3, -0.25) is 4.79 Å². The largest absolute Gasteiger partial charge is 0.491 e. The van der Waals surface area contributed by atoms with E-state index >= 15 is 0 Å². The fraction of sp³-hybridized carbons (Fsp3) is 0.375. The molecule has 78 valence electrons. The van der Waals surface area contributed by atoms with Crippen LogP contribution in [0, 0.1) is 0 Å². The minimum atomic E-state index is -2.73. The summed E-state index contributed by atoms with van der Waals surface area (Å²) in [5, 5.41) is 0. The van der Waals surface area contributed by atoms with Crippen molar-refractivity contribution in [2.45, 2.75) is 12.3 Å². The molecule has 0 amide bonds. The van der Waals surface area contributed by atoms with Crippen molar-refractivity contribution in [1.29, 1.82) is 0 Å². The number of alkyl halides is 3. The van der Waals surface area contributed by atoms with Crippen LogP contribution in [0.1, 0.15) is 17.8 Å². The second-order valence-corrected chi connectivity index (χ2v) is 2.80. The van der Waals surface area contributed by atoms with E-state index in [-0.39, 0.29) is 17.3 Å². The lowest BCUT2D eigenvalue weighted by atomic mass is 10.3. The van der Waals surface area contributed by atoms with E-state index in [0.717, 1.165) is 6.07 Å². The van der Waals surface area contributed by atoms with Gasteiger partial charge < -0.3 is 9.72 Å². The molecule has 0 aliphatic heterocycles. The van der Waals surface area contributed by atoms with Gasteiger partial charge in [-0.25, -0.2) is 8.78 Å². The molecule has 0 aliphatic carbocycles. The van der Waals surface area contributed by atoms with E-state index in [1.54, 1.807) is 0 Å². The van der Waals surface area contributed by atoms with Gasteiger partial charge in [0.1, 0.15) is 0 Å². The van der Waals surface area contributed by atoms with Crippen LogP contribution in [0.3, 0.4) is 0 Å². The number of methoxy groups -OCH3 is 1. The van der Waals surface area contributed by atoms with Gasteiger partial charge in [0.2, 0.25) is 5.43 Å². The summed E-state index contributed by atoms with van der Waals surface area (Å²) in [7, 11) is 1.28. The molecule has 0 aromatic carbocycles. The molecule has 0 unspecified atom stereocenters. The number of aromatic amines is 1. The van der Waals surface area contributed by atoms with Crippen LogP contribution in [0.2, 0.25) is 0 Å². The Kier molecular flexibility index (Phi) is 3.46. The molecule has 0 saturated heterocycles. The molecule has 1 aromatic heterocycles. The average molecular weight is 224 g/mol. The quantitative estimate of drug-likeness (QED) is 0.797. The first-order valence-electron chi connectivity index (χ1n) is 3.74. The van der Waals surface area contributed by atoms with Gasteiger partial charge in [0.25, 0.3) is 6.43 Å². The molecule has 1 rings (SSSR count). The van der Waals surface area contributed by atoms with Crippen molar-refractivity contribution in [3.63, 3.8) is 0 Å². The second-order valence-electron chi connectivity index (χ2n) is 2.54. The molecule has 0 atom stereocenters. The van der Waals surface area contributed by atoms with Gasteiger partial charge in [0.05, 0.1) is 24.4 Å². The Bertz CT molecular complexity index is 378. The van der Waals surface area contributed by atoms with Gasteiger partial charge in [-0.05, 0) is 0 Å². The molecule has 0 aliphatic rings. The Morgan fingerprint density at radius 2 is 2.29 bits per heavy atom. The number of aromatic nitrogens is 1. The predicted molar refractivity (Wildman–Crippen MR) is 48.1 cm³/mol. The summed E-state index contributed by atoms with van der Waals surface area (Å²) in [6.45, 7) is 0. The third kappa shape index (κ3) is 2.04. The third-order valence-corrected chi connectivity index (χ3v) is 1.92. The molecule has 0 bridgehead atoms. The van der Waals surface area contributed by atoms with Crippen LogP contribution in [0.5, 0.6) is 5.75 Å². The maximum atomic E-state index is 12.2. The van der Waals surface area contributed by atoms with Gasteiger partial charge in [0.15, 0.2) is 5.75 Å². The predicted octanol–water partition coefficient (Wildman–Crippen LogP) is 2.06. The summed E-state index contributed by atoms with van der Waals surface area (Å²) in [6, 6.07) is 0.805. The molecular formula is C8H8ClF2NO2. The zero-order valence-electron chi connectivity index (χ0n) is 7.31. The zero-order valence-corrected chi connectivity index (χ0v) is 8.07. The normalized spacial score (nSPS) is 10.6. The number of nitrogens with one attached hydrogen (secondary N) is 1. The Morgan fingerprint density at radius 3 is 2.71 bits per heavy atom. The third-order valence-electron chi connectivity index (χ3n) is 1.65. The summed E-state index contributed by atoms with van der Waals surface area (Å²) in [4.78, 5) is 13.6. The van der Waals surface area contributed by atoms with Crippen molar-refractivity contribution in [2.75, 3.05) is 7.11 Å². The number of ether oxygens (including phenoxy) is 1. The van der Waals surface area contributed by atoms with Crippen LogP contribution in [0.4, 0.5) is 8.78 Å². The molecule has 0 spiro atoms. The number of H-pyrrole nitrogens is 1. The lowest BCUT2D eigenvalue weighted by Crippen LogP contribution is -2.11. The van der Waals surface area contributed by atoms with Crippen molar-refractivity contribution in [3.05, 3.63) is 27.7 Å². The van der Waals surface area contributed by atoms with Crippen LogP contribution in [-0.4, -0.2) is 12.1 Å². The van der Waals surface area contributed by atoms with Gasteiger partial charge in [-0.2, -0.15) is 0 Å². The maximum Gasteiger partial charge on any atom is 0.278 e. The highest BCUT2D eigenvalue weighted by Gasteiger charge is 2.14. The van der Waals surface area contributed by atoms with E-state index in [1.165, 1.54) is 7.11 Å². The monoisotopic (exact) mass is 223 g/mol. The molecule has 1 aromatic rings. The van der Waals surface area contributed by atoms with E-state index < -0.39 is 17.5 Å². The Morgan fingerprint density at radius 1 is 1.64 bits per heavy atom. The van der Waals surface area contributed by atoms with Gasteiger partial charge in [0, 0.05) is 6.07 Å². The molecule has 1 heterocycles. The number of halogens is 3. The fourth-order valence-corrected chi connectivity index (χ4v) is 1.25. The lowest BCUT2D eigenvalue weighted by Gasteiger charge is -2.07. The zero-order chi connectivity index (χ0) is 10.7. The van der Waals surface area contributed by atoms with Crippen LogP contribution in [0.25, 0.3) is 0 Å². The first-order valence-corrected chi connectivity index (χ1v) is 4.27. The Balaban J connectivity index is 3.32.